The van der Waals surface area contributed by atoms with E-state index >= 15 is 0 Å². The van der Waals surface area contributed by atoms with E-state index in [1.807, 2.05) is 34.6 Å². The molecule has 2 atom stereocenters. The highest BCUT2D eigenvalue weighted by Gasteiger charge is 2.26. The second kappa shape index (κ2) is 6.47. The van der Waals surface area contributed by atoms with Crippen molar-refractivity contribution in [3.63, 3.8) is 0 Å². The van der Waals surface area contributed by atoms with E-state index in [0.29, 0.717) is 18.4 Å². The molecule has 0 rings (SSSR count). The van der Waals surface area contributed by atoms with E-state index in [0.717, 1.165) is 0 Å². The Kier molecular flexibility index (Phi) is 6.48. The Bertz CT molecular complexity index is 157. The van der Waals surface area contributed by atoms with E-state index in [2.05, 4.69) is 0 Å². The zero-order valence-electron chi connectivity index (χ0n) is 9.11. The Morgan fingerprint density at radius 3 is 2.08 bits per heavy atom. The molecule has 0 N–H and O–H groups in total. The van der Waals surface area contributed by atoms with Crippen molar-refractivity contribution in [3.05, 3.63) is 0 Å². The van der Waals surface area contributed by atoms with Crippen LogP contribution in [-0.4, -0.2) is 12.7 Å². The quantitative estimate of drug-likeness (QED) is 0.626. The van der Waals surface area contributed by atoms with Crippen LogP contribution in [-0.2, 0) is 13.6 Å². The van der Waals surface area contributed by atoms with Gasteiger partial charge in [0.1, 0.15) is 12.7 Å². The molecule has 0 bridgehead atoms. The van der Waals surface area contributed by atoms with Crippen molar-refractivity contribution >= 4 is 8.25 Å². The van der Waals surface area contributed by atoms with Crippen LogP contribution >= 0.6 is 8.25 Å². The summed E-state index contributed by atoms with van der Waals surface area (Å²) in [4.78, 5) is 0. The van der Waals surface area contributed by atoms with Crippen LogP contribution < -0.4 is 0 Å². The molecule has 0 aliphatic heterocycles. The lowest BCUT2D eigenvalue weighted by atomic mass is 10.1. The summed E-state index contributed by atoms with van der Waals surface area (Å²) in [6, 6.07) is 0. The van der Waals surface area contributed by atoms with Gasteiger partial charge in [-0.15, -0.1) is 9.05 Å². The fourth-order valence-corrected chi connectivity index (χ4v) is 1.49. The van der Waals surface area contributed by atoms with Crippen LogP contribution in [0.5, 0.6) is 0 Å². The van der Waals surface area contributed by atoms with E-state index in [-0.39, 0.29) is 6.10 Å². The van der Waals surface area contributed by atoms with Crippen molar-refractivity contribution in [2.75, 3.05) is 6.61 Å². The van der Waals surface area contributed by atoms with Gasteiger partial charge in [-0.2, -0.15) is 0 Å². The molecule has 0 aromatic rings. The van der Waals surface area contributed by atoms with E-state index in [9.17, 15) is 4.57 Å². The first kappa shape index (κ1) is 13.0. The number of hydrogen-bond acceptors (Lipinski definition) is 3. The van der Waals surface area contributed by atoms with Gasteiger partial charge in [0.25, 0.3) is 0 Å². The maximum absolute atomic E-state index is 11.2. The highest BCUT2D eigenvalue weighted by atomic mass is 31.1. The van der Waals surface area contributed by atoms with E-state index in [4.69, 9.17) is 9.05 Å². The molecule has 78 valence electrons. The highest BCUT2D eigenvalue weighted by Crippen LogP contribution is 2.28. The maximum atomic E-state index is 11.2. The zero-order chi connectivity index (χ0) is 10.4. The molecule has 0 saturated heterocycles. The molecule has 0 aromatic heterocycles. The third-order valence-corrected chi connectivity index (χ3v) is 2.57. The Morgan fingerprint density at radius 1 is 1.15 bits per heavy atom. The predicted molar refractivity (Wildman–Crippen MR) is 53.8 cm³/mol. The second-order valence-electron chi connectivity index (χ2n) is 3.97. The second-order valence-corrected chi connectivity index (χ2v) is 4.88. The van der Waals surface area contributed by atoms with Crippen molar-refractivity contribution in [1.29, 1.82) is 0 Å². The fraction of sp³-hybridized carbons (Fsp3) is 1.00. The van der Waals surface area contributed by atoms with Crippen molar-refractivity contribution in [3.8, 4) is 0 Å². The molecule has 0 amide bonds. The molecule has 0 aliphatic rings. The lowest BCUT2D eigenvalue weighted by molar-refractivity contribution is 0.135. The molecule has 0 heterocycles. The number of rotatable bonds is 6. The molecule has 0 fully saturated rings. The Labute approximate surface area is 81.8 Å². The van der Waals surface area contributed by atoms with Gasteiger partial charge in [0, 0.05) is 4.57 Å². The van der Waals surface area contributed by atoms with E-state index in [1.54, 1.807) is 0 Å². The van der Waals surface area contributed by atoms with E-state index in [1.165, 1.54) is 0 Å². The van der Waals surface area contributed by atoms with Gasteiger partial charge in [-0.1, -0.05) is 27.7 Å². The summed E-state index contributed by atoms with van der Waals surface area (Å²) in [6.45, 7) is 10.5. The minimum Gasteiger partial charge on any atom is -0.119 e. The molecule has 2 unspecified atom stereocenters. The van der Waals surface area contributed by atoms with Crippen LogP contribution in [0.15, 0.2) is 0 Å². The van der Waals surface area contributed by atoms with E-state index < -0.39 is 8.25 Å². The van der Waals surface area contributed by atoms with Crippen molar-refractivity contribution < 1.29 is 13.6 Å². The molecule has 0 radical (unpaired) electrons. The lowest BCUT2D eigenvalue weighted by Crippen LogP contribution is -2.12. The molecule has 3 nitrogen and oxygen atoms in total. The van der Waals surface area contributed by atoms with Gasteiger partial charge >= 0.3 is 8.25 Å². The third kappa shape index (κ3) is 7.12. The van der Waals surface area contributed by atoms with Crippen molar-refractivity contribution in [2.45, 2.75) is 40.7 Å². The van der Waals surface area contributed by atoms with Gasteiger partial charge in [-0.25, -0.2) is 0 Å². The van der Waals surface area contributed by atoms with Crippen LogP contribution in [0.1, 0.15) is 34.6 Å². The molecule has 0 aliphatic carbocycles. The molecule has 0 saturated carbocycles. The molecule has 0 spiro atoms. The summed E-state index contributed by atoms with van der Waals surface area (Å²) in [6.07, 6.45) is -0.0178. The molecule has 0 aromatic carbocycles. The van der Waals surface area contributed by atoms with Gasteiger partial charge in [0.05, 0.1) is 0 Å². The van der Waals surface area contributed by atoms with Gasteiger partial charge in [-0.05, 0) is 18.8 Å². The zero-order valence-corrected chi connectivity index (χ0v) is 10.0. The monoisotopic (exact) mass is 207 g/mol. The maximum Gasteiger partial charge on any atom is 0.697 e. The van der Waals surface area contributed by atoms with Crippen molar-refractivity contribution in [2.24, 2.45) is 11.8 Å². The molecule has 13 heavy (non-hydrogen) atoms. The first-order valence-corrected chi connectivity index (χ1v) is 5.80. The van der Waals surface area contributed by atoms with Crippen molar-refractivity contribution in [1.82, 2.24) is 0 Å². The fourth-order valence-electron chi connectivity index (χ4n) is 0.498. The molecular formula is C9H20O3P+. The summed E-state index contributed by atoms with van der Waals surface area (Å²) in [5.74, 6) is 0.749. The first-order valence-electron chi connectivity index (χ1n) is 4.70. The summed E-state index contributed by atoms with van der Waals surface area (Å²) in [5, 5.41) is 0. The Morgan fingerprint density at radius 2 is 1.69 bits per heavy atom. The van der Waals surface area contributed by atoms with Crippen LogP contribution in [0.4, 0.5) is 0 Å². The van der Waals surface area contributed by atoms with Crippen LogP contribution in [0, 0.1) is 11.8 Å². The normalized spacial score (nSPS) is 15.2. The summed E-state index contributed by atoms with van der Waals surface area (Å²) < 4.78 is 21.3. The highest BCUT2D eigenvalue weighted by molar-refractivity contribution is 7.33. The first-order chi connectivity index (χ1) is 5.93. The largest absolute Gasteiger partial charge is 0.697 e. The van der Waals surface area contributed by atoms with Gasteiger partial charge in [0.2, 0.25) is 0 Å². The summed E-state index contributed by atoms with van der Waals surface area (Å²) in [7, 11) is -1.93. The summed E-state index contributed by atoms with van der Waals surface area (Å²) in [5.41, 5.74) is 0. The van der Waals surface area contributed by atoms with Crippen LogP contribution in [0.25, 0.3) is 0 Å². The molecular weight excluding hydrogens is 187 g/mol. The Hall–Kier alpha value is 0.0200. The standard InChI is InChI=1S/C9H20O3P/c1-7(2)6-11-13(10)12-9(5)8(3)4/h7-9H,6H2,1-5H3/q+1. The topological polar surface area (TPSA) is 35.5 Å². The van der Waals surface area contributed by atoms with Crippen LogP contribution in [0.2, 0.25) is 0 Å². The van der Waals surface area contributed by atoms with Crippen LogP contribution in [0.3, 0.4) is 0 Å². The van der Waals surface area contributed by atoms with Gasteiger partial charge in [-0.3, -0.25) is 0 Å². The Balaban J connectivity index is 3.62. The van der Waals surface area contributed by atoms with Gasteiger partial charge < -0.3 is 0 Å². The SMILES string of the molecule is CC(C)CO[P+](=O)OC(C)C(C)C. The average molecular weight is 207 g/mol. The minimum absolute atomic E-state index is 0.0178. The number of hydrogen-bond donors (Lipinski definition) is 0. The predicted octanol–water partition coefficient (Wildman–Crippen LogP) is 3.38. The summed E-state index contributed by atoms with van der Waals surface area (Å²) >= 11 is 0. The lowest BCUT2D eigenvalue weighted by Gasteiger charge is -2.07. The molecule has 4 heteroatoms. The minimum atomic E-state index is -1.93. The smallest absolute Gasteiger partial charge is 0.119 e. The average Bonchev–Trinajstić information content (AvgIpc) is 2.00. The van der Waals surface area contributed by atoms with Gasteiger partial charge in [0.15, 0.2) is 0 Å². The third-order valence-electron chi connectivity index (χ3n) is 1.70.